The summed E-state index contributed by atoms with van der Waals surface area (Å²) in [6.45, 7) is 1.10. The highest BCUT2D eigenvalue weighted by molar-refractivity contribution is 7.17. The lowest BCUT2D eigenvalue weighted by Crippen LogP contribution is -2.25. The summed E-state index contributed by atoms with van der Waals surface area (Å²) in [7, 11) is 0. The Balaban J connectivity index is 2.40. The molecule has 1 aromatic heterocycles. The van der Waals surface area contributed by atoms with Crippen molar-refractivity contribution < 1.29 is 4.79 Å². The van der Waals surface area contributed by atoms with Gasteiger partial charge in [0.1, 0.15) is 0 Å². The molecule has 0 radical (unpaired) electrons. The van der Waals surface area contributed by atoms with Gasteiger partial charge in [-0.05, 0) is 24.6 Å². The zero-order chi connectivity index (χ0) is 9.68. The zero-order valence-electron chi connectivity index (χ0n) is 6.79. The highest BCUT2D eigenvalue weighted by Gasteiger charge is 2.10. The first-order valence-corrected chi connectivity index (χ1v) is 4.90. The van der Waals surface area contributed by atoms with E-state index in [1.165, 1.54) is 0 Å². The van der Waals surface area contributed by atoms with Gasteiger partial charge in [0, 0.05) is 6.54 Å². The van der Waals surface area contributed by atoms with Crippen LogP contribution in [-0.2, 0) is 0 Å². The van der Waals surface area contributed by atoms with E-state index < -0.39 is 0 Å². The van der Waals surface area contributed by atoms with Crippen molar-refractivity contribution in [3.8, 4) is 0 Å². The largest absolute Gasteiger partial charge is 0.350 e. The van der Waals surface area contributed by atoms with E-state index >= 15 is 0 Å². The lowest BCUT2D eigenvalue weighted by Gasteiger charge is -1.99. The van der Waals surface area contributed by atoms with Crippen molar-refractivity contribution in [2.75, 3.05) is 13.1 Å². The molecule has 1 aromatic rings. The van der Waals surface area contributed by atoms with Gasteiger partial charge in [0.05, 0.1) is 0 Å². The molecule has 72 valence electrons. The van der Waals surface area contributed by atoms with Gasteiger partial charge in [-0.3, -0.25) is 4.79 Å². The third kappa shape index (κ3) is 3.25. The molecule has 1 amide bonds. The van der Waals surface area contributed by atoms with E-state index in [0.29, 0.717) is 13.1 Å². The van der Waals surface area contributed by atoms with Crippen LogP contribution in [0.2, 0.25) is 4.47 Å². The Morgan fingerprint density at radius 2 is 2.38 bits per heavy atom. The van der Waals surface area contributed by atoms with Crippen molar-refractivity contribution in [2.24, 2.45) is 5.73 Å². The van der Waals surface area contributed by atoms with Gasteiger partial charge in [-0.15, -0.1) is 10.2 Å². The predicted molar refractivity (Wildman–Crippen MR) is 50.9 cm³/mol. The first kappa shape index (κ1) is 10.4. The van der Waals surface area contributed by atoms with Gasteiger partial charge in [-0.25, -0.2) is 0 Å². The SMILES string of the molecule is NCCCNC(=O)c1nnc(Cl)s1. The maximum atomic E-state index is 11.2. The van der Waals surface area contributed by atoms with Crippen LogP contribution in [0, 0.1) is 0 Å². The first-order valence-electron chi connectivity index (χ1n) is 3.71. The van der Waals surface area contributed by atoms with Gasteiger partial charge in [0.2, 0.25) is 9.47 Å². The quantitative estimate of drug-likeness (QED) is 0.714. The Labute approximate surface area is 84.3 Å². The maximum absolute atomic E-state index is 11.2. The molecule has 0 saturated carbocycles. The molecule has 0 spiro atoms. The Kier molecular flexibility index (Phi) is 4.07. The van der Waals surface area contributed by atoms with Crippen molar-refractivity contribution in [3.05, 3.63) is 9.47 Å². The van der Waals surface area contributed by atoms with Crippen LogP contribution in [0.1, 0.15) is 16.2 Å². The molecule has 0 aliphatic heterocycles. The van der Waals surface area contributed by atoms with Gasteiger partial charge in [-0.1, -0.05) is 11.3 Å². The van der Waals surface area contributed by atoms with Gasteiger partial charge in [0.25, 0.3) is 5.91 Å². The molecule has 0 fully saturated rings. The van der Waals surface area contributed by atoms with Crippen LogP contribution in [0.25, 0.3) is 0 Å². The van der Waals surface area contributed by atoms with E-state index in [0.717, 1.165) is 17.8 Å². The Bertz CT molecular complexity index is 290. The molecule has 0 aliphatic carbocycles. The van der Waals surface area contributed by atoms with Crippen LogP contribution in [0.3, 0.4) is 0 Å². The van der Waals surface area contributed by atoms with Crippen molar-refractivity contribution in [3.63, 3.8) is 0 Å². The number of carbonyl (C=O) groups excluding carboxylic acids is 1. The summed E-state index contributed by atoms with van der Waals surface area (Å²) in [6.07, 6.45) is 0.748. The Hall–Kier alpha value is -0.720. The number of amides is 1. The Morgan fingerprint density at radius 1 is 1.62 bits per heavy atom. The highest BCUT2D eigenvalue weighted by Crippen LogP contribution is 2.14. The second-order valence-electron chi connectivity index (χ2n) is 2.26. The van der Waals surface area contributed by atoms with E-state index in [9.17, 15) is 4.79 Å². The van der Waals surface area contributed by atoms with Gasteiger partial charge < -0.3 is 11.1 Å². The van der Waals surface area contributed by atoms with Crippen molar-refractivity contribution in [2.45, 2.75) is 6.42 Å². The number of aromatic nitrogens is 2. The Morgan fingerprint density at radius 3 is 2.92 bits per heavy atom. The van der Waals surface area contributed by atoms with Gasteiger partial charge in [-0.2, -0.15) is 0 Å². The smallest absolute Gasteiger partial charge is 0.282 e. The summed E-state index contributed by atoms with van der Waals surface area (Å²) < 4.78 is 0.268. The summed E-state index contributed by atoms with van der Waals surface area (Å²) >= 11 is 6.56. The van der Waals surface area contributed by atoms with Crippen LogP contribution in [0.5, 0.6) is 0 Å². The second-order valence-corrected chi connectivity index (χ2v) is 3.82. The molecule has 13 heavy (non-hydrogen) atoms. The first-order chi connectivity index (χ1) is 6.24. The lowest BCUT2D eigenvalue weighted by atomic mass is 10.4. The third-order valence-electron chi connectivity index (χ3n) is 1.26. The van der Waals surface area contributed by atoms with E-state index in [1.807, 2.05) is 0 Å². The minimum atomic E-state index is -0.252. The summed E-state index contributed by atoms with van der Waals surface area (Å²) in [5, 5.41) is 10.0. The van der Waals surface area contributed by atoms with Crippen molar-refractivity contribution >= 4 is 28.8 Å². The summed E-state index contributed by atoms with van der Waals surface area (Å²) in [4.78, 5) is 11.2. The van der Waals surface area contributed by atoms with Crippen LogP contribution < -0.4 is 11.1 Å². The molecule has 0 bridgehead atoms. The molecule has 1 rings (SSSR count). The minimum Gasteiger partial charge on any atom is -0.350 e. The minimum absolute atomic E-state index is 0.252. The molecular formula is C6H9ClN4OS. The molecule has 7 heteroatoms. The van der Waals surface area contributed by atoms with E-state index in [2.05, 4.69) is 15.5 Å². The number of halogens is 1. The summed E-state index contributed by atoms with van der Waals surface area (Å²) in [5.74, 6) is -0.252. The third-order valence-corrected chi connectivity index (χ3v) is 2.28. The van der Waals surface area contributed by atoms with E-state index in [-0.39, 0.29) is 15.4 Å². The van der Waals surface area contributed by atoms with E-state index in [1.54, 1.807) is 0 Å². The van der Waals surface area contributed by atoms with Crippen LogP contribution in [0.4, 0.5) is 0 Å². The molecule has 0 aromatic carbocycles. The summed E-state index contributed by atoms with van der Waals surface area (Å²) in [5.41, 5.74) is 5.26. The van der Waals surface area contributed by atoms with Gasteiger partial charge in [0.15, 0.2) is 0 Å². The topological polar surface area (TPSA) is 80.9 Å². The molecule has 1 heterocycles. The maximum Gasteiger partial charge on any atom is 0.282 e. The van der Waals surface area contributed by atoms with E-state index in [4.69, 9.17) is 17.3 Å². The predicted octanol–water partition coefficient (Wildman–Crippen LogP) is 0.270. The number of nitrogens with zero attached hydrogens (tertiary/aromatic N) is 2. The fourth-order valence-corrected chi connectivity index (χ4v) is 1.42. The average Bonchev–Trinajstić information content (AvgIpc) is 2.52. The summed E-state index contributed by atoms with van der Waals surface area (Å²) in [6, 6.07) is 0. The molecule has 0 saturated heterocycles. The molecule has 3 N–H and O–H groups in total. The number of carbonyl (C=O) groups is 1. The molecule has 5 nitrogen and oxygen atoms in total. The second kappa shape index (κ2) is 5.11. The number of nitrogens with two attached hydrogens (primary N) is 1. The number of nitrogens with one attached hydrogen (secondary N) is 1. The highest BCUT2D eigenvalue weighted by atomic mass is 35.5. The standard InChI is InChI=1S/C6H9ClN4OS/c7-6-11-10-5(13-6)4(12)9-3-1-2-8/h1-3,8H2,(H,9,12). The van der Waals surface area contributed by atoms with Crippen molar-refractivity contribution in [1.82, 2.24) is 15.5 Å². The molecule has 0 aliphatic rings. The fourth-order valence-electron chi connectivity index (χ4n) is 0.677. The van der Waals surface area contributed by atoms with Crippen LogP contribution >= 0.6 is 22.9 Å². The van der Waals surface area contributed by atoms with Crippen LogP contribution in [-0.4, -0.2) is 29.2 Å². The monoisotopic (exact) mass is 220 g/mol. The lowest BCUT2D eigenvalue weighted by molar-refractivity contribution is 0.0952. The number of hydrogen-bond donors (Lipinski definition) is 2. The van der Waals surface area contributed by atoms with Crippen molar-refractivity contribution in [1.29, 1.82) is 0 Å². The molecular weight excluding hydrogens is 212 g/mol. The number of rotatable bonds is 4. The molecule has 0 atom stereocenters. The number of hydrogen-bond acceptors (Lipinski definition) is 5. The average molecular weight is 221 g/mol. The zero-order valence-corrected chi connectivity index (χ0v) is 8.36. The van der Waals surface area contributed by atoms with Crippen LogP contribution in [0.15, 0.2) is 0 Å². The fraction of sp³-hybridized carbons (Fsp3) is 0.500. The molecule has 0 unspecified atom stereocenters. The normalized spacial score (nSPS) is 10.0. The van der Waals surface area contributed by atoms with Gasteiger partial charge >= 0.3 is 0 Å².